The molecule has 8 heteroatoms. The van der Waals surface area contributed by atoms with Gasteiger partial charge in [0.1, 0.15) is 5.60 Å². The van der Waals surface area contributed by atoms with Crippen molar-refractivity contribution in [2.24, 2.45) is 4.99 Å². The Bertz CT molecular complexity index is 755. The predicted octanol–water partition coefficient (Wildman–Crippen LogP) is 2.46. The largest absolute Gasteiger partial charge is 0.478 e. The highest BCUT2D eigenvalue weighted by atomic mass is 16.6. The molecule has 8 nitrogen and oxygen atoms in total. The van der Waals surface area contributed by atoms with Crippen LogP contribution in [0.25, 0.3) is 0 Å². The lowest BCUT2D eigenvalue weighted by atomic mass is 10.0. The maximum Gasteiger partial charge on any atom is 0.410 e. The van der Waals surface area contributed by atoms with E-state index < -0.39 is 11.6 Å². The number of hydrogen-bond acceptors (Lipinski definition) is 6. The van der Waals surface area contributed by atoms with E-state index in [1.807, 2.05) is 20.8 Å². The summed E-state index contributed by atoms with van der Waals surface area (Å²) in [4.78, 5) is 31.4. The number of hydrogen-bond donors (Lipinski definition) is 2. The highest BCUT2D eigenvalue weighted by Gasteiger charge is 2.32. The molecule has 0 aromatic heterocycles. The average Bonchev–Trinajstić information content (AvgIpc) is 3.03. The van der Waals surface area contributed by atoms with Crippen molar-refractivity contribution in [3.63, 3.8) is 0 Å². The molecule has 0 spiro atoms. The quantitative estimate of drug-likeness (QED) is 0.617. The Morgan fingerprint density at radius 3 is 2.63 bits per heavy atom. The number of nitrogens with zero attached hydrogens (tertiary/aromatic N) is 3. The van der Waals surface area contributed by atoms with Gasteiger partial charge in [0, 0.05) is 44.7 Å². The van der Waals surface area contributed by atoms with Crippen LogP contribution in [-0.4, -0.2) is 67.1 Å². The molecular formula is C19H28N4O4. The van der Waals surface area contributed by atoms with Gasteiger partial charge in [-0.05, 0) is 39.3 Å². The van der Waals surface area contributed by atoms with Gasteiger partial charge in [0.15, 0.2) is 0 Å². The molecule has 0 radical (unpaired) electrons. The number of carboxylic acids is 1. The second kappa shape index (κ2) is 7.85. The smallest absolute Gasteiger partial charge is 0.410 e. The number of nitrogen functional groups attached to an aromatic ring is 1. The van der Waals surface area contributed by atoms with E-state index in [1.54, 1.807) is 31.3 Å². The Balaban J connectivity index is 2.23. The van der Waals surface area contributed by atoms with Crippen molar-refractivity contribution in [1.82, 2.24) is 4.90 Å². The summed E-state index contributed by atoms with van der Waals surface area (Å²) in [6, 6.07) is 3.24. The van der Waals surface area contributed by atoms with Gasteiger partial charge < -0.3 is 25.4 Å². The lowest BCUT2D eigenvalue weighted by molar-refractivity contribution is 0.0237. The summed E-state index contributed by atoms with van der Waals surface area (Å²) in [6.45, 7) is 6.83. The van der Waals surface area contributed by atoms with E-state index in [1.165, 1.54) is 6.07 Å². The number of nitrogens with two attached hydrogens (primary N) is 1. The summed E-state index contributed by atoms with van der Waals surface area (Å²) in [6.07, 6.45) is 1.99. The molecule has 1 unspecified atom stereocenters. The van der Waals surface area contributed by atoms with Gasteiger partial charge in [0.25, 0.3) is 0 Å². The van der Waals surface area contributed by atoms with E-state index in [-0.39, 0.29) is 23.4 Å². The van der Waals surface area contributed by atoms with Gasteiger partial charge >= 0.3 is 12.1 Å². The highest BCUT2D eigenvalue weighted by Crippen LogP contribution is 2.31. The molecule has 27 heavy (non-hydrogen) atoms. The number of amides is 1. The summed E-state index contributed by atoms with van der Waals surface area (Å²) in [5.41, 5.74) is 7.15. The number of carbonyl (C=O) groups is 2. The van der Waals surface area contributed by atoms with Gasteiger partial charge in [-0.2, -0.15) is 0 Å². The lowest BCUT2D eigenvalue weighted by Crippen LogP contribution is -2.42. The van der Waals surface area contributed by atoms with Crippen molar-refractivity contribution in [2.45, 2.75) is 38.8 Å². The molecule has 1 heterocycles. The number of anilines is 2. The summed E-state index contributed by atoms with van der Waals surface area (Å²) >= 11 is 0. The van der Waals surface area contributed by atoms with Gasteiger partial charge in [0.05, 0.1) is 17.3 Å². The number of carboxylic acid groups (broad SMARTS) is 1. The Morgan fingerprint density at radius 1 is 1.41 bits per heavy atom. The Labute approximate surface area is 159 Å². The predicted molar refractivity (Wildman–Crippen MR) is 106 cm³/mol. The normalized spacial score (nSPS) is 17.4. The minimum Gasteiger partial charge on any atom is -0.478 e. The average molecular weight is 376 g/mol. The summed E-state index contributed by atoms with van der Waals surface area (Å²) in [5, 5.41) is 9.29. The molecule has 1 atom stereocenters. The van der Waals surface area contributed by atoms with Crippen LogP contribution >= 0.6 is 0 Å². The van der Waals surface area contributed by atoms with Crippen LogP contribution < -0.4 is 10.6 Å². The Hall–Kier alpha value is -2.77. The number of ether oxygens (including phenoxy) is 1. The van der Waals surface area contributed by atoms with Crippen LogP contribution in [0.1, 0.15) is 43.1 Å². The van der Waals surface area contributed by atoms with Crippen LogP contribution in [0.3, 0.4) is 0 Å². The minimum absolute atomic E-state index is 0.00774. The van der Waals surface area contributed by atoms with Crippen LogP contribution in [0.5, 0.6) is 0 Å². The molecule has 1 aromatic rings. The van der Waals surface area contributed by atoms with Crippen molar-refractivity contribution in [1.29, 1.82) is 0 Å². The number of aromatic carboxylic acids is 1. The topological polar surface area (TPSA) is 108 Å². The lowest BCUT2D eigenvalue weighted by Gasteiger charge is -2.29. The molecule has 1 aromatic carbocycles. The minimum atomic E-state index is -1.08. The summed E-state index contributed by atoms with van der Waals surface area (Å²) in [5.74, 6) is -1.08. The molecule has 3 N–H and O–H groups in total. The third-order valence-electron chi connectivity index (χ3n) is 4.49. The molecule has 0 aliphatic carbocycles. The van der Waals surface area contributed by atoms with Crippen molar-refractivity contribution in [3.8, 4) is 0 Å². The van der Waals surface area contributed by atoms with Crippen molar-refractivity contribution < 1.29 is 19.4 Å². The number of benzene rings is 1. The van der Waals surface area contributed by atoms with Gasteiger partial charge in [-0.1, -0.05) is 0 Å². The molecule has 1 fully saturated rings. The second-order valence-electron chi connectivity index (χ2n) is 7.63. The molecule has 148 valence electrons. The highest BCUT2D eigenvalue weighted by molar-refractivity contribution is 6.03. The number of aliphatic imine (C=N–C) groups is 1. The van der Waals surface area contributed by atoms with Crippen LogP contribution in [0.4, 0.5) is 16.2 Å². The van der Waals surface area contributed by atoms with Crippen LogP contribution in [0, 0.1) is 0 Å². The van der Waals surface area contributed by atoms with Crippen LogP contribution in [-0.2, 0) is 4.74 Å². The van der Waals surface area contributed by atoms with E-state index in [0.29, 0.717) is 18.7 Å². The summed E-state index contributed by atoms with van der Waals surface area (Å²) in [7, 11) is 3.35. The molecule has 1 aliphatic heterocycles. The van der Waals surface area contributed by atoms with Crippen molar-refractivity contribution in [2.75, 3.05) is 37.8 Å². The molecule has 1 saturated heterocycles. The van der Waals surface area contributed by atoms with Gasteiger partial charge in [-0.15, -0.1) is 0 Å². The number of carbonyl (C=O) groups excluding carboxylic acids is 1. The van der Waals surface area contributed by atoms with E-state index >= 15 is 0 Å². The van der Waals surface area contributed by atoms with Crippen LogP contribution in [0.15, 0.2) is 17.1 Å². The third kappa shape index (κ3) is 4.69. The first-order valence-corrected chi connectivity index (χ1v) is 8.84. The summed E-state index contributed by atoms with van der Waals surface area (Å²) < 4.78 is 5.44. The SMILES string of the molecule is CN=Cc1c(N2CCC(N(C)C(=O)OC(C)(C)C)C2)ccc(C(=O)O)c1N. The molecule has 1 amide bonds. The maximum absolute atomic E-state index is 12.3. The standard InChI is InChI=1S/C19H28N4O4/c1-19(2,3)27-18(26)22(5)12-8-9-23(11-12)15-7-6-13(17(24)25)16(20)14(15)10-21-4/h6-7,10,12H,8-9,11,20H2,1-5H3,(H,24,25). The zero-order valence-corrected chi connectivity index (χ0v) is 16.5. The zero-order valence-electron chi connectivity index (χ0n) is 16.5. The first-order chi connectivity index (χ1) is 12.5. The fraction of sp³-hybridized carbons (Fsp3) is 0.526. The third-order valence-corrected chi connectivity index (χ3v) is 4.49. The Kier molecular flexibility index (Phi) is 5.98. The molecule has 0 saturated carbocycles. The molecule has 0 bridgehead atoms. The van der Waals surface area contributed by atoms with E-state index in [9.17, 15) is 14.7 Å². The van der Waals surface area contributed by atoms with Crippen molar-refractivity contribution >= 4 is 29.7 Å². The monoisotopic (exact) mass is 376 g/mol. The van der Waals surface area contributed by atoms with E-state index in [2.05, 4.69) is 9.89 Å². The van der Waals surface area contributed by atoms with E-state index in [4.69, 9.17) is 10.5 Å². The number of likely N-dealkylation sites (N-methyl/N-ethyl adjacent to an activating group) is 1. The van der Waals surface area contributed by atoms with Crippen LogP contribution in [0.2, 0.25) is 0 Å². The van der Waals surface area contributed by atoms with Crippen molar-refractivity contribution in [3.05, 3.63) is 23.3 Å². The maximum atomic E-state index is 12.3. The van der Waals surface area contributed by atoms with E-state index in [0.717, 1.165) is 12.1 Å². The zero-order chi connectivity index (χ0) is 20.4. The van der Waals surface area contributed by atoms with Gasteiger partial charge in [0.2, 0.25) is 0 Å². The van der Waals surface area contributed by atoms with Gasteiger partial charge in [-0.25, -0.2) is 9.59 Å². The fourth-order valence-corrected chi connectivity index (χ4v) is 3.11. The molecular weight excluding hydrogens is 348 g/mol. The molecule has 2 rings (SSSR count). The number of rotatable bonds is 4. The first-order valence-electron chi connectivity index (χ1n) is 8.84. The molecule has 1 aliphatic rings. The van der Waals surface area contributed by atoms with Gasteiger partial charge in [-0.3, -0.25) is 4.99 Å². The fourth-order valence-electron chi connectivity index (χ4n) is 3.11. The second-order valence-corrected chi connectivity index (χ2v) is 7.63. The Morgan fingerprint density at radius 2 is 2.07 bits per heavy atom. The first kappa shape index (κ1) is 20.5.